The molecule has 0 bridgehead atoms. The zero-order valence-electron chi connectivity index (χ0n) is 13.6. The number of hydrogen-bond donors (Lipinski definition) is 0. The van der Waals surface area contributed by atoms with Crippen LogP contribution in [0.5, 0.6) is 11.5 Å². The van der Waals surface area contributed by atoms with E-state index in [2.05, 4.69) is 4.90 Å². The first-order valence-corrected chi connectivity index (χ1v) is 7.40. The molecule has 1 aromatic carbocycles. The van der Waals surface area contributed by atoms with Crippen molar-refractivity contribution in [2.45, 2.75) is 13.2 Å². The van der Waals surface area contributed by atoms with Gasteiger partial charge in [-0.2, -0.15) is 0 Å². The fourth-order valence-corrected chi connectivity index (χ4v) is 2.27. The van der Waals surface area contributed by atoms with E-state index < -0.39 is 0 Å². The van der Waals surface area contributed by atoms with Gasteiger partial charge in [0.1, 0.15) is 13.2 Å². The van der Waals surface area contributed by atoms with Gasteiger partial charge in [0.05, 0.1) is 26.6 Å². The minimum atomic E-state index is 0.483. The van der Waals surface area contributed by atoms with E-state index in [-0.39, 0.29) is 0 Å². The molecular formula is C16H25NO5. The largest absolute Gasteiger partial charge is 0.487 e. The van der Waals surface area contributed by atoms with E-state index in [0.717, 1.165) is 23.6 Å². The highest BCUT2D eigenvalue weighted by molar-refractivity contribution is 5.47. The van der Waals surface area contributed by atoms with E-state index in [9.17, 15) is 0 Å². The first-order chi connectivity index (χ1) is 10.7. The molecule has 0 saturated carbocycles. The van der Waals surface area contributed by atoms with Crippen molar-refractivity contribution < 1.29 is 23.7 Å². The van der Waals surface area contributed by atoms with Gasteiger partial charge < -0.3 is 23.7 Å². The molecule has 0 saturated heterocycles. The van der Waals surface area contributed by atoms with Crippen LogP contribution in [0.4, 0.5) is 0 Å². The summed E-state index contributed by atoms with van der Waals surface area (Å²) in [5, 5.41) is 0. The number of fused-ring (bicyclic) bond motifs is 1. The van der Waals surface area contributed by atoms with Crippen molar-refractivity contribution in [3.63, 3.8) is 0 Å². The number of nitrogens with zero attached hydrogens (tertiary/aromatic N) is 1. The van der Waals surface area contributed by atoms with Gasteiger partial charge in [-0.3, -0.25) is 4.90 Å². The number of methoxy groups -OCH3 is 2. The van der Waals surface area contributed by atoms with E-state index in [1.54, 1.807) is 14.2 Å². The molecule has 1 heterocycles. The summed E-state index contributed by atoms with van der Waals surface area (Å²) in [6.45, 7) is 4.08. The summed E-state index contributed by atoms with van der Waals surface area (Å²) in [5.74, 6) is 1.46. The Labute approximate surface area is 131 Å². The number of benzene rings is 1. The van der Waals surface area contributed by atoms with Gasteiger partial charge in [-0.1, -0.05) is 0 Å². The van der Waals surface area contributed by atoms with Crippen molar-refractivity contribution >= 4 is 0 Å². The number of rotatable bonds is 8. The summed E-state index contributed by atoms with van der Waals surface area (Å²) in [6.07, 6.45) is 0. The van der Waals surface area contributed by atoms with Crippen LogP contribution < -0.4 is 9.47 Å². The summed E-state index contributed by atoms with van der Waals surface area (Å²) < 4.78 is 27.3. The highest BCUT2D eigenvalue weighted by Crippen LogP contribution is 2.33. The van der Waals surface area contributed by atoms with Crippen LogP contribution in [0.2, 0.25) is 0 Å². The monoisotopic (exact) mass is 311 g/mol. The molecule has 0 spiro atoms. The topological polar surface area (TPSA) is 49.4 Å². The molecule has 0 aromatic heterocycles. The van der Waals surface area contributed by atoms with Crippen LogP contribution >= 0.6 is 0 Å². The summed E-state index contributed by atoms with van der Waals surface area (Å²) >= 11 is 0. The van der Waals surface area contributed by atoms with Gasteiger partial charge in [0.2, 0.25) is 0 Å². The maximum absolute atomic E-state index is 5.80. The molecule has 6 heteroatoms. The smallest absolute Gasteiger partial charge is 0.161 e. The predicted octanol–water partition coefficient (Wildman–Crippen LogP) is 1.66. The Kier molecular flexibility index (Phi) is 6.92. The first kappa shape index (κ1) is 17.0. The predicted molar refractivity (Wildman–Crippen MR) is 82.3 cm³/mol. The second-order valence-corrected chi connectivity index (χ2v) is 5.24. The maximum Gasteiger partial charge on any atom is 0.161 e. The van der Waals surface area contributed by atoms with Gasteiger partial charge in [0.15, 0.2) is 11.5 Å². The molecule has 0 unspecified atom stereocenters. The van der Waals surface area contributed by atoms with Crippen molar-refractivity contribution in [3.8, 4) is 11.5 Å². The van der Waals surface area contributed by atoms with Gasteiger partial charge in [-0.15, -0.1) is 0 Å². The van der Waals surface area contributed by atoms with E-state index in [1.165, 1.54) is 5.56 Å². The van der Waals surface area contributed by atoms with Crippen molar-refractivity contribution in [3.05, 3.63) is 23.3 Å². The summed E-state index contributed by atoms with van der Waals surface area (Å²) in [5.41, 5.74) is 2.34. The maximum atomic E-state index is 5.80. The first-order valence-electron chi connectivity index (χ1n) is 7.40. The Morgan fingerprint density at radius 1 is 0.955 bits per heavy atom. The second-order valence-electron chi connectivity index (χ2n) is 5.24. The second kappa shape index (κ2) is 8.95. The Balaban J connectivity index is 2.18. The molecule has 124 valence electrons. The minimum Gasteiger partial charge on any atom is -0.487 e. The van der Waals surface area contributed by atoms with Crippen LogP contribution in [0.15, 0.2) is 12.1 Å². The lowest BCUT2D eigenvalue weighted by atomic mass is 10.1. The fourth-order valence-electron chi connectivity index (χ4n) is 2.27. The Morgan fingerprint density at radius 2 is 1.55 bits per heavy atom. The van der Waals surface area contributed by atoms with Gasteiger partial charge in [0, 0.05) is 20.8 Å². The molecule has 22 heavy (non-hydrogen) atoms. The normalized spacial score (nSPS) is 15.2. The van der Waals surface area contributed by atoms with Gasteiger partial charge in [0.25, 0.3) is 0 Å². The quantitative estimate of drug-likeness (QED) is 0.681. The summed E-state index contributed by atoms with van der Waals surface area (Å²) in [4.78, 5) is 2.12. The molecule has 6 nitrogen and oxygen atoms in total. The van der Waals surface area contributed by atoms with Gasteiger partial charge >= 0.3 is 0 Å². The Bertz CT molecular complexity index is 466. The highest BCUT2D eigenvalue weighted by Gasteiger charge is 2.17. The number of ether oxygens (including phenoxy) is 5. The van der Waals surface area contributed by atoms with Crippen LogP contribution in [0.25, 0.3) is 0 Å². The van der Waals surface area contributed by atoms with Crippen molar-refractivity contribution in [2.75, 3.05) is 54.4 Å². The molecule has 0 atom stereocenters. The van der Waals surface area contributed by atoms with Crippen LogP contribution in [-0.2, 0) is 27.4 Å². The van der Waals surface area contributed by atoms with Gasteiger partial charge in [-0.05, 0) is 30.3 Å². The Morgan fingerprint density at radius 3 is 2.14 bits per heavy atom. The number of hydrogen-bond acceptors (Lipinski definition) is 6. The lowest BCUT2D eigenvalue weighted by Crippen LogP contribution is -2.18. The standard InChI is InChI=1S/C16H25NO5/c1-17-10-13-8-15(21-6-4-18-2)16(22-7-5-19-3)9-14(13)11-20-12-17/h8-9H,4-7,10-12H2,1-3H3. The van der Waals surface area contributed by atoms with Crippen LogP contribution in [0.3, 0.4) is 0 Å². The molecule has 2 rings (SSSR count). The van der Waals surface area contributed by atoms with Crippen molar-refractivity contribution in [2.24, 2.45) is 0 Å². The lowest BCUT2D eigenvalue weighted by Gasteiger charge is -2.17. The molecule has 0 N–H and O–H groups in total. The third kappa shape index (κ3) is 4.84. The third-order valence-corrected chi connectivity index (χ3v) is 3.37. The summed E-state index contributed by atoms with van der Waals surface area (Å²) in [6, 6.07) is 4.05. The van der Waals surface area contributed by atoms with Crippen LogP contribution in [-0.4, -0.2) is 59.3 Å². The molecule has 0 amide bonds. The highest BCUT2D eigenvalue weighted by atomic mass is 16.5. The van der Waals surface area contributed by atoms with E-state index in [4.69, 9.17) is 23.7 Å². The van der Waals surface area contributed by atoms with Crippen molar-refractivity contribution in [1.82, 2.24) is 4.90 Å². The van der Waals surface area contributed by atoms with Crippen LogP contribution in [0.1, 0.15) is 11.1 Å². The lowest BCUT2D eigenvalue weighted by molar-refractivity contribution is 0.0387. The molecule has 0 radical (unpaired) electrons. The molecule has 1 aliphatic rings. The van der Waals surface area contributed by atoms with E-state index in [0.29, 0.717) is 39.8 Å². The zero-order chi connectivity index (χ0) is 15.8. The zero-order valence-corrected chi connectivity index (χ0v) is 13.6. The average molecular weight is 311 g/mol. The third-order valence-electron chi connectivity index (χ3n) is 3.37. The summed E-state index contributed by atoms with van der Waals surface area (Å²) in [7, 11) is 5.34. The molecule has 1 aromatic rings. The molecule has 0 fully saturated rings. The SMILES string of the molecule is COCCOc1cc2c(cc1OCCOC)CN(C)COC2. The minimum absolute atomic E-state index is 0.483. The van der Waals surface area contributed by atoms with E-state index in [1.807, 2.05) is 19.2 Å². The van der Waals surface area contributed by atoms with E-state index >= 15 is 0 Å². The molecule has 1 aliphatic heterocycles. The van der Waals surface area contributed by atoms with Crippen molar-refractivity contribution in [1.29, 1.82) is 0 Å². The fraction of sp³-hybridized carbons (Fsp3) is 0.625. The Hall–Kier alpha value is -1.34. The average Bonchev–Trinajstić information content (AvgIpc) is 2.68. The van der Waals surface area contributed by atoms with Crippen LogP contribution in [0, 0.1) is 0 Å². The van der Waals surface area contributed by atoms with Gasteiger partial charge in [-0.25, -0.2) is 0 Å². The molecule has 0 aliphatic carbocycles. The molecular weight excluding hydrogens is 286 g/mol.